The van der Waals surface area contributed by atoms with Crippen molar-refractivity contribution in [2.24, 2.45) is 0 Å². The van der Waals surface area contributed by atoms with Gasteiger partial charge in [0.25, 0.3) is 0 Å². The van der Waals surface area contributed by atoms with Gasteiger partial charge in [0.2, 0.25) is 0 Å². The first-order valence-corrected chi connectivity index (χ1v) is 3.76. The first-order valence-electron chi connectivity index (χ1n) is 2.84. The Kier molecular flexibility index (Phi) is 2.53. The van der Waals surface area contributed by atoms with Crippen LogP contribution in [0.1, 0.15) is 10.7 Å². The average molecular weight is 217 g/mol. The zero-order valence-electron chi connectivity index (χ0n) is 5.44. The maximum atomic E-state index is 10.2. The number of halogens is 1. The van der Waals surface area contributed by atoms with Crippen molar-refractivity contribution in [3.05, 3.63) is 18.2 Å². The van der Waals surface area contributed by atoms with Crippen molar-refractivity contribution in [3.8, 4) is 5.75 Å². The molecule has 11 heavy (non-hydrogen) atoms. The van der Waals surface area contributed by atoms with Crippen molar-refractivity contribution in [2.75, 3.05) is 0 Å². The first kappa shape index (κ1) is 8.13. The molecule has 0 amide bonds. The molecule has 1 heterocycles. The van der Waals surface area contributed by atoms with Gasteiger partial charge in [-0.1, -0.05) is 15.9 Å². The predicted octanol–water partition coefficient (Wildman–Crippen LogP) is 0.817. The van der Waals surface area contributed by atoms with E-state index in [2.05, 4.69) is 25.9 Å². The minimum Gasteiger partial charge on any atom is -0.505 e. The Morgan fingerprint density at radius 2 is 2.09 bits per heavy atom. The van der Waals surface area contributed by atoms with E-state index in [0.29, 0.717) is 12.1 Å². The van der Waals surface area contributed by atoms with Gasteiger partial charge >= 0.3 is 0 Å². The van der Waals surface area contributed by atoms with Crippen LogP contribution in [0.3, 0.4) is 0 Å². The molecule has 0 radical (unpaired) electrons. The molecule has 1 N–H and O–H groups in total. The molecule has 0 spiro atoms. The second-order valence-corrected chi connectivity index (χ2v) is 2.82. The zero-order chi connectivity index (χ0) is 8.27. The van der Waals surface area contributed by atoms with E-state index in [1.165, 1.54) is 12.4 Å². The molecule has 4 nitrogen and oxygen atoms in total. The van der Waals surface area contributed by atoms with Gasteiger partial charge in [0.15, 0.2) is 5.75 Å². The van der Waals surface area contributed by atoms with Crippen molar-refractivity contribution < 1.29 is 9.90 Å². The topological polar surface area (TPSA) is 63.1 Å². The number of nitrogens with zero attached hydrogens (tertiary/aromatic N) is 2. The Bertz CT molecular complexity index is 249. The highest BCUT2D eigenvalue weighted by Crippen LogP contribution is 2.15. The Labute approximate surface area is 71.4 Å². The van der Waals surface area contributed by atoms with Gasteiger partial charge in [-0.25, -0.2) is 9.97 Å². The third-order valence-corrected chi connectivity index (χ3v) is 1.65. The van der Waals surface area contributed by atoms with Crippen LogP contribution < -0.4 is 0 Å². The second-order valence-electron chi connectivity index (χ2n) is 1.84. The van der Waals surface area contributed by atoms with Crippen LogP contribution in [-0.4, -0.2) is 21.4 Å². The summed E-state index contributed by atoms with van der Waals surface area (Å²) < 4.78 is 0. The molecule has 5 heteroatoms. The Hall–Kier alpha value is -0.970. The summed E-state index contributed by atoms with van der Waals surface area (Å²) >= 11 is 3.03. The Morgan fingerprint density at radius 1 is 1.55 bits per heavy atom. The molecule has 1 rings (SSSR count). The van der Waals surface area contributed by atoms with Crippen LogP contribution in [0.15, 0.2) is 12.4 Å². The number of aldehydes is 1. The van der Waals surface area contributed by atoms with Gasteiger partial charge in [-0.3, -0.25) is 0 Å². The van der Waals surface area contributed by atoms with Crippen LogP contribution in [0.5, 0.6) is 5.75 Å². The molecule has 0 saturated carbocycles. The van der Waals surface area contributed by atoms with E-state index in [0.717, 1.165) is 0 Å². The van der Waals surface area contributed by atoms with Crippen LogP contribution in [0.4, 0.5) is 0 Å². The van der Waals surface area contributed by atoms with Crippen LogP contribution in [-0.2, 0) is 4.79 Å². The molecular formula is C6H5BrN2O2. The fraction of sp³-hybridized carbons (Fsp3) is 0.167. The Morgan fingerprint density at radius 3 is 2.55 bits per heavy atom. The highest BCUT2D eigenvalue weighted by Gasteiger charge is 2.07. The lowest BCUT2D eigenvalue weighted by atomic mass is 10.4. The molecule has 0 saturated heterocycles. The maximum absolute atomic E-state index is 10.2. The minimum absolute atomic E-state index is 0.0145. The molecule has 1 aromatic rings. The number of hydrogen-bond acceptors (Lipinski definition) is 4. The SMILES string of the molecule is O=CC(Br)c1ncc(O)cn1. The highest BCUT2D eigenvalue weighted by atomic mass is 79.9. The number of carbonyl (C=O) groups excluding carboxylic acids is 1. The lowest BCUT2D eigenvalue weighted by Crippen LogP contribution is -1.97. The van der Waals surface area contributed by atoms with Crippen molar-refractivity contribution in [1.29, 1.82) is 0 Å². The lowest BCUT2D eigenvalue weighted by Gasteiger charge is -1.98. The maximum Gasteiger partial charge on any atom is 0.152 e. The smallest absolute Gasteiger partial charge is 0.152 e. The molecule has 58 valence electrons. The van der Waals surface area contributed by atoms with Crippen molar-refractivity contribution >= 4 is 22.2 Å². The fourth-order valence-electron chi connectivity index (χ4n) is 0.534. The summed E-state index contributed by atoms with van der Waals surface area (Å²) in [7, 11) is 0. The first-order chi connectivity index (χ1) is 5.24. The van der Waals surface area contributed by atoms with E-state index in [9.17, 15) is 4.79 Å². The average Bonchev–Trinajstić information content (AvgIpc) is 2.05. The van der Waals surface area contributed by atoms with Gasteiger partial charge in [0, 0.05) is 0 Å². The summed E-state index contributed by atoms with van der Waals surface area (Å²) in [6.07, 6.45) is 3.15. The molecular weight excluding hydrogens is 212 g/mol. The molecule has 1 atom stereocenters. The number of alkyl halides is 1. The van der Waals surface area contributed by atoms with Crippen molar-refractivity contribution in [2.45, 2.75) is 4.83 Å². The number of aromatic hydroxyl groups is 1. The van der Waals surface area contributed by atoms with Gasteiger partial charge in [-0.05, 0) is 0 Å². The molecule has 0 bridgehead atoms. The van der Waals surface area contributed by atoms with Crippen LogP contribution >= 0.6 is 15.9 Å². The van der Waals surface area contributed by atoms with E-state index in [4.69, 9.17) is 5.11 Å². The van der Waals surface area contributed by atoms with E-state index >= 15 is 0 Å². The monoisotopic (exact) mass is 216 g/mol. The van der Waals surface area contributed by atoms with E-state index in [-0.39, 0.29) is 5.75 Å². The number of rotatable bonds is 2. The Balaban J connectivity index is 2.89. The molecule has 1 unspecified atom stereocenters. The normalized spacial score (nSPS) is 12.5. The molecule has 0 aliphatic rings. The van der Waals surface area contributed by atoms with Crippen LogP contribution in [0.25, 0.3) is 0 Å². The van der Waals surface area contributed by atoms with Gasteiger partial charge in [0.1, 0.15) is 16.9 Å². The van der Waals surface area contributed by atoms with Gasteiger partial charge in [0.05, 0.1) is 12.4 Å². The van der Waals surface area contributed by atoms with Gasteiger partial charge < -0.3 is 9.90 Å². The summed E-state index contributed by atoms with van der Waals surface area (Å²) in [6.45, 7) is 0. The van der Waals surface area contributed by atoms with Crippen molar-refractivity contribution in [1.82, 2.24) is 9.97 Å². The predicted molar refractivity (Wildman–Crippen MR) is 41.4 cm³/mol. The number of aromatic nitrogens is 2. The number of hydrogen-bond donors (Lipinski definition) is 1. The summed E-state index contributed by atoms with van der Waals surface area (Å²) in [6, 6.07) is 0. The second kappa shape index (κ2) is 3.43. The third kappa shape index (κ3) is 1.98. The summed E-state index contributed by atoms with van der Waals surface area (Å²) in [5.41, 5.74) is 0. The molecule has 0 aliphatic heterocycles. The van der Waals surface area contributed by atoms with E-state index in [1.807, 2.05) is 0 Å². The molecule has 1 aromatic heterocycles. The van der Waals surface area contributed by atoms with Crippen molar-refractivity contribution in [3.63, 3.8) is 0 Å². The summed E-state index contributed by atoms with van der Waals surface area (Å²) in [4.78, 5) is 17.1. The summed E-state index contributed by atoms with van der Waals surface area (Å²) in [5, 5.41) is 8.78. The molecule has 0 aromatic carbocycles. The quantitative estimate of drug-likeness (QED) is 0.588. The fourth-order valence-corrected chi connectivity index (χ4v) is 0.771. The van der Waals surface area contributed by atoms with Crippen LogP contribution in [0, 0.1) is 0 Å². The standard InChI is InChI=1S/C6H5BrN2O2/c7-5(3-10)6-8-1-4(11)2-9-6/h1-3,5,11H. The molecule has 0 aliphatic carbocycles. The van der Waals surface area contributed by atoms with E-state index < -0.39 is 4.83 Å². The highest BCUT2D eigenvalue weighted by molar-refractivity contribution is 9.09. The molecule has 0 fully saturated rings. The largest absolute Gasteiger partial charge is 0.505 e. The van der Waals surface area contributed by atoms with Gasteiger partial charge in [-0.15, -0.1) is 0 Å². The lowest BCUT2D eigenvalue weighted by molar-refractivity contribution is -0.107. The van der Waals surface area contributed by atoms with Crippen LogP contribution in [0.2, 0.25) is 0 Å². The summed E-state index contributed by atoms with van der Waals surface area (Å²) in [5.74, 6) is 0.331. The third-order valence-electron chi connectivity index (χ3n) is 1.02. The van der Waals surface area contributed by atoms with E-state index in [1.54, 1.807) is 0 Å². The minimum atomic E-state index is -0.497. The zero-order valence-corrected chi connectivity index (χ0v) is 7.02. The van der Waals surface area contributed by atoms with Gasteiger partial charge in [-0.2, -0.15) is 0 Å². The number of carbonyl (C=O) groups is 1.